The van der Waals surface area contributed by atoms with Crippen LogP contribution < -0.4 is 16.0 Å². The Morgan fingerprint density at radius 1 is 1.19 bits per heavy atom. The number of halogens is 4. The Kier molecular flexibility index (Phi) is 5.02. The lowest BCUT2D eigenvalue weighted by molar-refractivity contribution is -0.176. The van der Waals surface area contributed by atoms with Gasteiger partial charge in [0.15, 0.2) is 6.29 Å². The molecule has 1 aliphatic heterocycles. The number of amides is 4. The van der Waals surface area contributed by atoms with Crippen LogP contribution in [-0.4, -0.2) is 35.5 Å². The van der Waals surface area contributed by atoms with Gasteiger partial charge in [-0.2, -0.15) is 13.2 Å². The summed E-state index contributed by atoms with van der Waals surface area (Å²) < 4.78 is 53.9. The Labute approximate surface area is 153 Å². The number of carbonyl (C=O) groups is 2. The number of benzene rings is 1. The average molecular weight is 388 g/mol. The van der Waals surface area contributed by atoms with Gasteiger partial charge in [-0.3, -0.25) is 5.32 Å². The maximum Gasteiger partial charge on any atom is 0.409 e. The molecule has 148 valence electrons. The first kappa shape index (κ1) is 19.4. The van der Waals surface area contributed by atoms with Gasteiger partial charge in [0.2, 0.25) is 0 Å². The van der Waals surface area contributed by atoms with Gasteiger partial charge in [-0.1, -0.05) is 17.7 Å². The van der Waals surface area contributed by atoms with Gasteiger partial charge < -0.3 is 10.6 Å². The van der Waals surface area contributed by atoms with E-state index in [-0.39, 0.29) is 4.90 Å². The van der Waals surface area contributed by atoms with Crippen molar-refractivity contribution in [1.82, 2.24) is 20.9 Å². The molecule has 2 aliphatic rings. The van der Waals surface area contributed by atoms with Crippen LogP contribution in [0.15, 0.2) is 18.2 Å². The molecule has 0 spiro atoms. The highest BCUT2D eigenvalue weighted by Gasteiger charge is 2.56. The molecule has 3 N–H and O–H groups in total. The number of aryl methyl sites for hydroxylation is 1. The molecule has 10 heteroatoms. The van der Waals surface area contributed by atoms with E-state index >= 15 is 0 Å². The molecule has 0 radical (unpaired) electrons. The van der Waals surface area contributed by atoms with E-state index in [0.717, 1.165) is 5.56 Å². The summed E-state index contributed by atoms with van der Waals surface area (Å²) in [6.07, 6.45) is -5.20. The summed E-state index contributed by atoms with van der Waals surface area (Å²) in [6, 6.07) is -0.522. The summed E-state index contributed by atoms with van der Waals surface area (Å²) in [5, 5.41) is 7.37. The Bertz CT molecular complexity index is 733. The minimum Gasteiger partial charge on any atom is -0.304 e. The van der Waals surface area contributed by atoms with Crippen molar-refractivity contribution in [3.05, 3.63) is 35.1 Å². The molecular weight excluding hydrogens is 368 g/mol. The van der Waals surface area contributed by atoms with Crippen LogP contribution in [0.1, 0.15) is 36.9 Å². The van der Waals surface area contributed by atoms with Gasteiger partial charge in [0, 0.05) is 11.6 Å². The normalized spacial score (nSPS) is 20.9. The fourth-order valence-electron chi connectivity index (χ4n) is 3.22. The van der Waals surface area contributed by atoms with Crippen LogP contribution in [0.3, 0.4) is 0 Å². The minimum absolute atomic E-state index is 0.188. The monoisotopic (exact) mass is 388 g/mol. The Hall–Kier alpha value is -2.36. The zero-order valence-electron chi connectivity index (χ0n) is 14.7. The summed E-state index contributed by atoms with van der Waals surface area (Å²) in [4.78, 5) is 24.6. The van der Waals surface area contributed by atoms with E-state index in [1.165, 1.54) is 6.07 Å². The Balaban J connectivity index is 1.71. The number of hydrogen-bond donors (Lipinski definition) is 3. The SMILES string of the molecule is Cc1ccc(F)c([C@H](C)NC2NC(=O)N([C@@H](C3CC3)C(F)(F)F)C(=O)N2)c1. The van der Waals surface area contributed by atoms with Crippen molar-refractivity contribution < 1.29 is 27.2 Å². The topological polar surface area (TPSA) is 73.5 Å². The van der Waals surface area contributed by atoms with Crippen molar-refractivity contribution in [2.75, 3.05) is 0 Å². The van der Waals surface area contributed by atoms with E-state index in [1.807, 2.05) is 0 Å². The molecular formula is C17H20F4N4O2. The summed E-state index contributed by atoms with van der Waals surface area (Å²) in [6.45, 7) is 3.40. The van der Waals surface area contributed by atoms with Crippen LogP contribution in [0, 0.1) is 18.7 Å². The summed E-state index contributed by atoms with van der Waals surface area (Å²) in [5.41, 5.74) is 1.13. The van der Waals surface area contributed by atoms with Crippen molar-refractivity contribution in [3.63, 3.8) is 0 Å². The Morgan fingerprint density at radius 2 is 1.78 bits per heavy atom. The van der Waals surface area contributed by atoms with Crippen molar-refractivity contribution in [3.8, 4) is 0 Å². The molecule has 6 nitrogen and oxygen atoms in total. The fraction of sp³-hybridized carbons (Fsp3) is 0.529. The lowest BCUT2D eigenvalue weighted by Crippen LogP contribution is -2.71. The molecule has 0 unspecified atom stereocenters. The van der Waals surface area contributed by atoms with Crippen LogP contribution in [0.2, 0.25) is 0 Å². The zero-order chi connectivity index (χ0) is 19.9. The van der Waals surface area contributed by atoms with E-state index in [1.54, 1.807) is 26.0 Å². The number of hydrogen-bond acceptors (Lipinski definition) is 3. The number of imide groups is 1. The highest BCUT2D eigenvalue weighted by Crippen LogP contribution is 2.43. The number of nitrogens with one attached hydrogen (secondary N) is 3. The Morgan fingerprint density at radius 3 is 2.30 bits per heavy atom. The third-order valence-electron chi connectivity index (χ3n) is 4.69. The van der Waals surface area contributed by atoms with Crippen molar-refractivity contribution in [2.45, 2.75) is 51.2 Å². The third-order valence-corrected chi connectivity index (χ3v) is 4.69. The van der Waals surface area contributed by atoms with E-state index in [2.05, 4.69) is 16.0 Å². The van der Waals surface area contributed by atoms with Gasteiger partial charge in [-0.25, -0.2) is 18.9 Å². The predicted molar refractivity (Wildman–Crippen MR) is 87.9 cm³/mol. The molecule has 0 bridgehead atoms. The fourth-order valence-corrected chi connectivity index (χ4v) is 3.22. The molecule has 0 aromatic heterocycles. The summed E-state index contributed by atoms with van der Waals surface area (Å²) in [5.74, 6) is -1.24. The maximum absolute atomic E-state index is 14.0. The number of alkyl halides is 3. The molecule has 4 amide bonds. The predicted octanol–water partition coefficient (Wildman–Crippen LogP) is 3.14. The zero-order valence-corrected chi connectivity index (χ0v) is 14.7. The van der Waals surface area contributed by atoms with E-state index < -0.39 is 48.3 Å². The molecule has 2 fully saturated rings. The molecule has 1 heterocycles. The smallest absolute Gasteiger partial charge is 0.304 e. The van der Waals surface area contributed by atoms with Crippen molar-refractivity contribution >= 4 is 12.1 Å². The summed E-state index contributed by atoms with van der Waals surface area (Å²) >= 11 is 0. The number of rotatable bonds is 5. The van der Waals surface area contributed by atoms with E-state index in [9.17, 15) is 27.2 Å². The molecule has 1 aromatic carbocycles. The van der Waals surface area contributed by atoms with Crippen molar-refractivity contribution in [1.29, 1.82) is 0 Å². The summed E-state index contributed by atoms with van der Waals surface area (Å²) in [7, 11) is 0. The lowest BCUT2D eigenvalue weighted by Gasteiger charge is -2.38. The van der Waals surface area contributed by atoms with Gasteiger partial charge in [0.25, 0.3) is 0 Å². The molecule has 1 aromatic rings. The lowest BCUT2D eigenvalue weighted by atomic mass is 10.1. The first-order valence-corrected chi connectivity index (χ1v) is 8.57. The van der Waals surface area contributed by atoms with Crippen LogP contribution in [0.4, 0.5) is 27.2 Å². The van der Waals surface area contributed by atoms with E-state index in [0.29, 0.717) is 18.4 Å². The largest absolute Gasteiger partial charge is 0.409 e. The molecule has 2 atom stereocenters. The number of urea groups is 2. The van der Waals surface area contributed by atoms with Crippen molar-refractivity contribution in [2.24, 2.45) is 5.92 Å². The van der Waals surface area contributed by atoms with Crippen LogP contribution in [0.25, 0.3) is 0 Å². The van der Waals surface area contributed by atoms with Gasteiger partial charge in [-0.05, 0) is 38.7 Å². The van der Waals surface area contributed by atoms with Gasteiger partial charge >= 0.3 is 18.2 Å². The van der Waals surface area contributed by atoms with E-state index in [4.69, 9.17) is 0 Å². The second-order valence-electron chi connectivity index (χ2n) is 6.94. The minimum atomic E-state index is -4.70. The highest BCUT2D eigenvalue weighted by molar-refractivity contribution is 5.96. The standard InChI is InChI=1S/C17H20F4N4O2/c1-8-3-6-12(18)11(7-8)9(2)22-14-23-15(26)25(16(27)24-14)13(10-4-5-10)17(19,20)21/h3,6-7,9-10,13-14,22H,4-5H2,1-2H3,(H,23,26)(H,24,27)/t9-,13-/m0/s1. The van der Waals surface area contributed by atoms with Gasteiger partial charge in [0.05, 0.1) is 0 Å². The molecule has 1 saturated carbocycles. The van der Waals surface area contributed by atoms with Crippen LogP contribution in [-0.2, 0) is 0 Å². The second kappa shape index (κ2) is 6.99. The number of nitrogens with zero attached hydrogens (tertiary/aromatic N) is 1. The molecule has 1 saturated heterocycles. The molecule has 27 heavy (non-hydrogen) atoms. The quantitative estimate of drug-likeness (QED) is 0.679. The van der Waals surface area contributed by atoms with Gasteiger partial charge in [-0.15, -0.1) is 0 Å². The maximum atomic E-state index is 14.0. The number of carbonyl (C=O) groups excluding carboxylic acids is 2. The van der Waals surface area contributed by atoms with Crippen LogP contribution >= 0.6 is 0 Å². The average Bonchev–Trinajstić information content (AvgIpc) is 3.36. The van der Waals surface area contributed by atoms with Crippen LogP contribution in [0.5, 0.6) is 0 Å². The first-order valence-electron chi connectivity index (χ1n) is 8.57. The second-order valence-corrected chi connectivity index (χ2v) is 6.94. The molecule has 1 aliphatic carbocycles. The first-order chi connectivity index (χ1) is 12.6. The van der Waals surface area contributed by atoms with Gasteiger partial charge in [0.1, 0.15) is 11.9 Å². The molecule has 3 rings (SSSR count). The highest BCUT2D eigenvalue weighted by atomic mass is 19.4. The third kappa shape index (κ3) is 4.15.